The Hall–Kier alpha value is -2.72. The van der Waals surface area contributed by atoms with E-state index in [1.54, 1.807) is 0 Å². The van der Waals surface area contributed by atoms with Gasteiger partial charge in [-0.05, 0) is 54.7 Å². The standard InChI is InChI=1S/C25H26O/c26-25(24-16-8-3-9-17-24)20-19-23(22-14-6-2-7-15-22)18-10-13-21-11-4-1-5-12-21/h1-2,4-7,10-15,23,26H,3,8-9,16-18H2/b13-10+. The van der Waals surface area contributed by atoms with Crippen LogP contribution in [0.3, 0.4) is 0 Å². The highest BCUT2D eigenvalue weighted by Crippen LogP contribution is 2.25. The van der Waals surface area contributed by atoms with Crippen molar-refractivity contribution in [3.8, 4) is 11.8 Å². The zero-order valence-corrected chi connectivity index (χ0v) is 15.2. The molecule has 1 N–H and O–H groups in total. The summed E-state index contributed by atoms with van der Waals surface area (Å²) in [5, 5.41) is 10.4. The minimum absolute atomic E-state index is 0.0857. The van der Waals surface area contributed by atoms with Crippen LogP contribution in [0.25, 0.3) is 6.08 Å². The second-order valence-electron chi connectivity index (χ2n) is 6.79. The van der Waals surface area contributed by atoms with Crippen LogP contribution in [0.4, 0.5) is 0 Å². The van der Waals surface area contributed by atoms with E-state index < -0.39 is 0 Å². The normalized spacial score (nSPS) is 15.3. The van der Waals surface area contributed by atoms with Gasteiger partial charge in [0.05, 0.1) is 0 Å². The van der Waals surface area contributed by atoms with Crippen molar-refractivity contribution in [1.29, 1.82) is 0 Å². The van der Waals surface area contributed by atoms with Crippen LogP contribution in [0.5, 0.6) is 0 Å². The van der Waals surface area contributed by atoms with Crippen molar-refractivity contribution in [2.45, 2.75) is 44.4 Å². The maximum absolute atomic E-state index is 10.4. The summed E-state index contributed by atoms with van der Waals surface area (Å²) in [7, 11) is 0. The molecular weight excluding hydrogens is 316 g/mol. The third-order valence-electron chi connectivity index (χ3n) is 4.84. The fourth-order valence-corrected chi connectivity index (χ4v) is 3.33. The molecule has 132 valence electrons. The van der Waals surface area contributed by atoms with Gasteiger partial charge in [-0.3, -0.25) is 0 Å². The summed E-state index contributed by atoms with van der Waals surface area (Å²) in [6.45, 7) is 0. The van der Waals surface area contributed by atoms with Crippen LogP contribution in [0, 0.1) is 11.8 Å². The van der Waals surface area contributed by atoms with E-state index in [1.165, 1.54) is 30.4 Å². The first-order valence-corrected chi connectivity index (χ1v) is 9.52. The van der Waals surface area contributed by atoms with Crippen molar-refractivity contribution in [2.24, 2.45) is 0 Å². The van der Waals surface area contributed by atoms with Gasteiger partial charge in [0.15, 0.2) is 5.76 Å². The Morgan fingerprint density at radius 3 is 2.27 bits per heavy atom. The van der Waals surface area contributed by atoms with Gasteiger partial charge in [0.2, 0.25) is 0 Å². The molecule has 2 aromatic carbocycles. The van der Waals surface area contributed by atoms with Crippen LogP contribution in [-0.2, 0) is 0 Å². The lowest BCUT2D eigenvalue weighted by molar-refractivity contribution is 0.416. The molecule has 1 aliphatic rings. The van der Waals surface area contributed by atoms with E-state index in [4.69, 9.17) is 0 Å². The molecule has 0 spiro atoms. The third-order valence-corrected chi connectivity index (χ3v) is 4.84. The summed E-state index contributed by atoms with van der Waals surface area (Å²) >= 11 is 0. The molecule has 1 atom stereocenters. The summed E-state index contributed by atoms with van der Waals surface area (Å²) in [5.41, 5.74) is 3.52. The van der Waals surface area contributed by atoms with Gasteiger partial charge in [0, 0.05) is 5.92 Å². The van der Waals surface area contributed by atoms with Crippen molar-refractivity contribution in [1.82, 2.24) is 0 Å². The largest absolute Gasteiger partial charge is 0.501 e. The minimum atomic E-state index is 0.0857. The molecule has 0 aromatic heterocycles. The highest BCUT2D eigenvalue weighted by molar-refractivity contribution is 5.49. The second kappa shape index (κ2) is 9.68. The maximum atomic E-state index is 10.4. The Morgan fingerprint density at radius 2 is 1.58 bits per heavy atom. The second-order valence-corrected chi connectivity index (χ2v) is 6.79. The van der Waals surface area contributed by atoms with Crippen molar-refractivity contribution < 1.29 is 5.11 Å². The highest BCUT2D eigenvalue weighted by Gasteiger charge is 2.10. The van der Waals surface area contributed by atoms with Gasteiger partial charge in [-0.25, -0.2) is 0 Å². The molecule has 26 heavy (non-hydrogen) atoms. The Morgan fingerprint density at radius 1 is 0.923 bits per heavy atom. The number of allylic oxidation sites excluding steroid dienone is 3. The van der Waals surface area contributed by atoms with Crippen molar-refractivity contribution >= 4 is 6.08 Å². The quantitative estimate of drug-likeness (QED) is 0.487. The molecule has 0 aliphatic heterocycles. The monoisotopic (exact) mass is 342 g/mol. The average molecular weight is 342 g/mol. The van der Waals surface area contributed by atoms with Gasteiger partial charge in [0.1, 0.15) is 0 Å². The number of aliphatic hydroxyl groups excluding tert-OH is 1. The molecule has 3 rings (SSSR count). The third kappa shape index (κ3) is 5.39. The highest BCUT2D eigenvalue weighted by atomic mass is 16.3. The first kappa shape index (κ1) is 18.1. The zero-order valence-electron chi connectivity index (χ0n) is 15.2. The summed E-state index contributed by atoms with van der Waals surface area (Å²) in [6, 6.07) is 20.6. The topological polar surface area (TPSA) is 20.2 Å². The minimum Gasteiger partial charge on any atom is -0.501 e. The van der Waals surface area contributed by atoms with E-state index in [1.807, 2.05) is 36.4 Å². The number of hydrogen-bond acceptors (Lipinski definition) is 1. The van der Waals surface area contributed by atoms with E-state index >= 15 is 0 Å². The molecule has 1 saturated carbocycles. The van der Waals surface area contributed by atoms with E-state index in [-0.39, 0.29) is 5.92 Å². The predicted molar refractivity (Wildman–Crippen MR) is 110 cm³/mol. The van der Waals surface area contributed by atoms with Crippen LogP contribution in [0.2, 0.25) is 0 Å². The molecule has 0 heterocycles. The summed E-state index contributed by atoms with van der Waals surface area (Å²) < 4.78 is 0. The Labute approximate surface area is 157 Å². The molecule has 2 aromatic rings. The number of aliphatic hydroxyl groups is 1. The Balaban J connectivity index is 1.76. The molecule has 0 amide bonds. The van der Waals surface area contributed by atoms with Crippen molar-refractivity contribution in [2.75, 3.05) is 0 Å². The summed E-state index contributed by atoms with van der Waals surface area (Å²) in [5.74, 6) is 6.75. The van der Waals surface area contributed by atoms with E-state index in [2.05, 4.69) is 48.3 Å². The van der Waals surface area contributed by atoms with Crippen LogP contribution in [0.15, 0.2) is 78.1 Å². The van der Waals surface area contributed by atoms with E-state index in [0.29, 0.717) is 5.76 Å². The summed E-state index contributed by atoms with van der Waals surface area (Å²) in [4.78, 5) is 0. The van der Waals surface area contributed by atoms with Crippen LogP contribution in [-0.4, -0.2) is 5.11 Å². The molecule has 1 nitrogen and oxygen atoms in total. The van der Waals surface area contributed by atoms with Crippen LogP contribution < -0.4 is 0 Å². The van der Waals surface area contributed by atoms with Gasteiger partial charge in [-0.2, -0.15) is 0 Å². The fraction of sp³-hybridized carbons (Fsp3) is 0.280. The van der Waals surface area contributed by atoms with Crippen molar-refractivity contribution in [3.63, 3.8) is 0 Å². The molecule has 0 saturated heterocycles. The lowest BCUT2D eigenvalue weighted by atomic mass is 9.93. The lowest BCUT2D eigenvalue weighted by Crippen LogP contribution is -1.98. The first-order valence-electron chi connectivity index (χ1n) is 9.52. The Kier molecular flexibility index (Phi) is 6.73. The number of rotatable bonds is 4. The van der Waals surface area contributed by atoms with Gasteiger partial charge in [0.25, 0.3) is 0 Å². The predicted octanol–water partition coefficient (Wildman–Crippen LogP) is 6.65. The molecule has 1 fully saturated rings. The average Bonchev–Trinajstić information content (AvgIpc) is 2.72. The molecule has 1 aliphatic carbocycles. The fourth-order valence-electron chi connectivity index (χ4n) is 3.33. The van der Waals surface area contributed by atoms with Gasteiger partial charge in [-0.1, -0.05) is 85.2 Å². The molecule has 0 bridgehead atoms. The first-order chi connectivity index (χ1) is 12.8. The van der Waals surface area contributed by atoms with Crippen LogP contribution >= 0.6 is 0 Å². The van der Waals surface area contributed by atoms with E-state index in [0.717, 1.165) is 24.8 Å². The SMILES string of the molecule is OC(C#CC(C/C=C/c1ccccc1)c1ccccc1)=C1CCCCC1. The molecule has 1 heteroatoms. The van der Waals surface area contributed by atoms with Crippen LogP contribution in [0.1, 0.15) is 55.6 Å². The van der Waals surface area contributed by atoms with Gasteiger partial charge >= 0.3 is 0 Å². The zero-order chi connectivity index (χ0) is 18.0. The smallest absolute Gasteiger partial charge is 0.166 e. The maximum Gasteiger partial charge on any atom is 0.166 e. The number of hydrogen-bond donors (Lipinski definition) is 1. The molecule has 1 unspecified atom stereocenters. The van der Waals surface area contributed by atoms with Gasteiger partial charge < -0.3 is 5.11 Å². The Bertz CT molecular complexity index is 795. The lowest BCUT2D eigenvalue weighted by Gasteiger charge is -2.13. The number of benzene rings is 2. The van der Waals surface area contributed by atoms with Gasteiger partial charge in [-0.15, -0.1) is 0 Å². The summed E-state index contributed by atoms with van der Waals surface area (Å²) in [6.07, 6.45) is 10.7. The molecular formula is C25H26O. The van der Waals surface area contributed by atoms with E-state index in [9.17, 15) is 5.11 Å². The van der Waals surface area contributed by atoms with Crippen molar-refractivity contribution in [3.05, 3.63) is 89.2 Å². The molecule has 0 radical (unpaired) electrons.